The van der Waals surface area contributed by atoms with E-state index >= 15 is 0 Å². The summed E-state index contributed by atoms with van der Waals surface area (Å²) in [6.07, 6.45) is -4.67. The van der Waals surface area contributed by atoms with Crippen LogP contribution in [0.3, 0.4) is 0 Å². The van der Waals surface area contributed by atoms with E-state index in [1.165, 1.54) is 24.3 Å². The van der Waals surface area contributed by atoms with E-state index in [4.69, 9.17) is 10.00 Å². The largest absolute Gasteiger partial charge is 0.457 e. The smallest absolute Gasteiger partial charge is 0.417 e. The Morgan fingerprint density at radius 2 is 1.67 bits per heavy atom. The summed E-state index contributed by atoms with van der Waals surface area (Å²) in [7, 11) is 0. The molecular weight excluding hydrogens is 354 g/mol. The quantitative estimate of drug-likeness (QED) is 0.684. The number of halogens is 5. The lowest BCUT2D eigenvalue weighted by atomic mass is 10.1. The molecule has 0 bridgehead atoms. The molecule has 0 aliphatic rings. The van der Waals surface area contributed by atoms with E-state index in [0.29, 0.717) is 6.07 Å². The summed E-state index contributed by atoms with van der Waals surface area (Å²) in [5, 5.41) is 8.68. The van der Waals surface area contributed by atoms with Crippen molar-refractivity contribution in [1.29, 1.82) is 5.26 Å². The number of hydrogen-bond donors (Lipinski definition) is 0. The molecule has 0 aliphatic carbocycles. The van der Waals surface area contributed by atoms with Gasteiger partial charge in [0.25, 0.3) is 0 Å². The molecular formula is C14H6BrF4NO. The van der Waals surface area contributed by atoms with Gasteiger partial charge >= 0.3 is 6.18 Å². The Hall–Kier alpha value is -2.07. The Morgan fingerprint density at radius 3 is 2.24 bits per heavy atom. The van der Waals surface area contributed by atoms with Gasteiger partial charge in [0.1, 0.15) is 17.3 Å². The lowest BCUT2D eigenvalue weighted by Gasteiger charge is -2.11. The van der Waals surface area contributed by atoms with Crippen LogP contribution >= 0.6 is 15.9 Å². The fourth-order valence-corrected chi connectivity index (χ4v) is 1.84. The van der Waals surface area contributed by atoms with Gasteiger partial charge in [-0.05, 0) is 46.3 Å². The van der Waals surface area contributed by atoms with Crippen LogP contribution in [0.1, 0.15) is 11.1 Å². The third kappa shape index (κ3) is 3.52. The third-order valence-corrected chi connectivity index (χ3v) is 3.19. The number of nitrogens with zero attached hydrogens (tertiary/aromatic N) is 1. The van der Waals surface area contributed by atoms with Gasteiger partial charge in [0.15, 0.2) is 0 Å². The minimum absolute atomic E-state index is 0.0496. The average molecular weight is 360 g/mol. The van der Waals surface area contributed by atoms with Crippen molar-refractivity contribution in [2.24, 2.45) is 0 Å². The lowest BCUT2D eigenvalue weighted by Crippen LogP contribution is -2.07. The first kappa shape index (κ1) is 15.3. The Morgan fingerprint density at radius 1 is 1.05 bits per heavy atom. The van der Waals surface area contributed by atoms with Crippen molar-refractivity contribution in [1.82, 2.24) is 0 Å². The van der Waals surface area contributed by atoms with Gasteiger partial charge in [-0.3, -0.25) is 0 Å². The molecule has 2 aromatic rings. The summed E-state index contributed by atoms with van der Waals surface area (Å²) in [5.41, 5.74) is -1.60. The first-order valence-electron chi connectivity index (χ1n) is 5.55. The van der Waals surface area contributed by atoms with E-state index < -0.39 is 23.1 Å². The molecule has 108 valence electrons. The highest BCUT2D eigenvalue weighted by Gasteiger charge is 2.34. The van der Waals surface area contributed by atoms with Crippen LogP contribution in [-0.2, 0) is 6.18 Å². The van der Waals surface area contributed by atoms with Gasteiger partial charge in [-0.2, -0.15) is 18.4 Å². The normalized spacial score (nSPS) is 11.0. The van der Waals surface area contributed by atoms with Crippen molar-refractivity contribution in [2.45, 2.75) is 6.18 Å². The van der Waals surface area contributed by atoms with Crippen LogP contribution in [-0.4, -0.2) is 0 Å². The minimum atomic E-state index is -4.67. The van der Waals surface area contributed by atoms with Crippen LogP contribution in [0.15, 0.2) is 40.9 Å². The van der Waals surface area contributed by atoms with E-state index in [0.717, 1.165) is 12.1 Å². The predicted molar refractivity (Wildman–Crippen MR) is 70.3 cm³/mol. The van der Waals surface area contributed by atoms with Gasteiger partial charge in [0.05, 0.1) is 21.7 Å². The third-order valence-electron chi connectivity index (χ3n) is 2.54. The number of alkyl halides is 3. The van der Waals surface area contributed by atoms with Crippen molar-refractivity contribution in [3.63, 3.8) is 0 Å². The summed E-state index contributed by atoms with van der Waals surface area (Å²) in [4.78, 5) is 0. The fourth-order valence-electron chi connectivity index (χ4n) is 1.60. The van der Waals surface area contributed by atoms with Crippen molar-refractivity contribution >= 4 is 15.9 Å². The zero-order valence-corrected chi connectivity index (χ0v) is 11.8. The summed E-state index contributed by atoms with van der Waals surface area (Å²) >= 11 is 2.96. The number of nitriles is 1. The summed E-state index contributed by atoms with van der Waals surface area (Å²) in [6, 6.07) is 8.21. The Bertz CT molecular complexity index is 722. The molecule has 0 unspecified atom stereocenters. The van der Waals surface area contributed by atoms with E-state index in [1.807, 2.05) is 0 Å². The van der Waals surface area contributed by atoms with Gasteiger partial charge in [-0.15, -0.1) is 0 Å². The van der Waals surface area contributed by atoms with Crippen LogP contribution in [0.2, 0.25) is 0 Å². The molecule has 7 heteroatoms. The molecule has 2 nitrogen and oxygen atoms in total. The number of ether oxygens (including phenoxy) is 1. The van der Waals surface area contributed by atoms with E-state index in [1.54, 1.807) is 0 Å². The summed E-state index contributed by atoms with van der Waals surface area (Å²) in [5.74, 6) is -0.686. The zero-order chi connectivity index (χ0) is 15.6. The Labute approximate surface area is 125 Å². The van der Waals surface area contributed by atoms with Crippen LogP contribution in [0.4, 0.5) is 17.6 Å². The van der Waals surface area contributed by atoms with Crippen LogP contribution in [0, 0.1) is 17.1 Å². The maximum absolute atomic E-state index is 13.3. The Kier molecular flexibility index (Phi) is 4.19. The summed E-state index contributed by atoms with van der Waals surface area (Å²) < 4.78 is 57.1. The molecule has 0 aromatic heterocycles. The van der Waals surface area contributed by atoms with Crippen LogP contribution < -0.4 is 4.74 Å². The van der Waals surface area contributed by atoms with Gasteiger partial charge < -0.3 is 4.74 Å². The second-order valence-corrected chi connectivity index (χ2v) is 4.85. The van der Waals surface area contributed by atoms with Crippen molar-refractivity contribution in [3.8, 4) is 17.6 Å². The lowest BCUT2D eigenvalue weighted by molar-refractivity contribution is -0.137. The SMILES string of the molecule is N#Cc1ccc(Oc2ccc(Br)c(F)c2)cc1C(F)(F)F. The van der Waals surface area contributed by atoms with Crippen molar-refractivity contribution in [3.05, 3.63) is 57.8 Å². The van der Waals surface area contributed by atoms with Crippen molar-refractivity contribution < 1.29 is 22.3 Å². The highest BCUT2D eigenvalue weighted by atomic mass is 79.9. The highest BCUT2D eigenvalue weighted by molar-refractivity contribution is 9.10. The topological polar surface area (TPSA) is 33.0 Å². The second kappa shape index (κ2) is 5.74. The molecule has 0 heterocycles. The predicted octanol–water partition coefficient (Wildman–Crippen LogP) is 5.27. The maximum atomic E-state index is 13.3. The Balaban J connectivity index is 2.37. The number of rotatable bonds is 2. The van der Waals surface area contributed by atoms with Crippen LogP contribution in [0.5, 0.6) is 11.5 Å². The second-order valence-electron chi connectivity index (χ2n) is 3.99. The summed E-state index contributed by atoms with van der Waals surface area (Å²) in [6.45, 7) is 0. The molecule has 0 radical (unpaired) electrons. The molecule has 0 saturated heterocycles. The molecule has 0 spiro atoms. The molecule has 0 N–H and O–H groups in total. The zero-order valence-electron chi connectivity index (χ0n) is 10.2. The first-order chi connectivity index (χ1) is 9.81. The molecule has 0 amide bonds. The minimum Gasteiger partial charge on any atom is -0.457 e. The number of hydrogen-bond acceptors (Lipinski definition) is 2. The van der Waals surface area contributed by atoms with E-state index in [2.05, 4.69) is 15.9 Å². The monoisotopic (exact) mass is 359 g/mol. The van der Waals surface area contributed by atoms with Gasteiger partial charge in [0, 0.05) is 6.07 Å². The standard InChI is InChI=1S/C14H6BrF4NO/c15-12-4-3-10(6-13(12)16)21-9-2-1-8(7-20)11(5-9)14(17,18)19/h1-6H. The first-order valence-corrected chi connectivity index (χ1v) is 6.35. The fraction of sp³-hybridized carbons (Fsp3) is 0.0714. The van der Waals surface area contributed by atoms with Gasteiger partial charge in [0.2, 0.25) is 0 Å². The number of benzene rings is 2. The molecule has 0 atom stereocenters. The van der Waals surface area contributed by atoms with E-state index in [9.17, 15) is 17.6 Å². The molecule has 2 aromatic carbocycles. The molecule has 2 rings (SSSR count). The molecule has 0 fully saturated rings. The molecule has 21 heavy (non-hydrogen) atoms. The van der Waals surface area contributed by atoms with Gasteiger partial charge in [-0.1, -0.05) is 0 Å². The molecule has 0 aliphatic heterocycles. The maximum Gasteiger partial charge on any atom is 0.417 e. The van der Waals surface area contributed by atoms with Crippen LogP contribution in [0.25, 0.3) is 0 Å². The highest BCUT2D eigenvalue weighted by Crippen LogP contribution is 2.35. The van der Waals surface area contributed by atoms with E-state index in [-0.39, 0.29) is 16.0 Å². The average Bonchev–Trinajstić information content (AvgIpc) is 2.42. The van der Waals surface area contributed by atoms with Gasteiger partial charge in [-0.25, -0.2) is 4.39 Å². The molecule has 0 saturated carbocycles. The van der Waals surface area contributed by atoms with Crippen molar-refractivity contribution in [2.75, 3.05) is 0 Å².